The Balaban J connectivity index is 1.19. The second-order valence-corrected chi connectivity index (χ2v) is 8.79. The maximum atomic E-state index is 5.64. The maximum Gasteiger partial charge on any atom is 0.0716 e. The van der Waals surface area contributed by atoms with Gasteiger partial charge < -0.3 is 33.2 Å². The third kappa shape index (κ3) is 19.2. The Kier molecular flexibility index (Phi) is 20.6. The molecule has 0 saturated heterocycles. The summed E-state index contributed by atoms with van der Waals surface area (Å²) in [4.78, 5) is 2.25. The number of likely N-dealkylation sites (N-methyl/N-ethyl adjacent to an activating group) is 1. The van der Waals surface area contributed by atoms with Gasteiger partial charge in [-0.3, -0.25) is 4.90 Å². The van der Waals surface area contributed by atoms with E-state index < -0.39 is 0 Å². The molecule has 0 amide bonds. The monoisotopic (exact) mass is 533 g/mol. The van der Waals surface area contributed by atoms with E-state index in [1.807, 2.05) is 24.3 Å². The minimum atomic E-state index is 0.544. The number of ether oxygens (including phenoxy) is 7. The number of benzene rings is 2. The molecule has 38 heavy (non-hydrogen) atoms. The highest BCUT2D eigenvalue weighted by Crippen LogP contribution is 2.02. The molecule has 0 aromatic heterocycles. The van der Waals surface area contributed by atoms with E-state index in [4.69, 9.17) is 33.2 Å². The number of nitrogens with zero attached hydrogens (tertiary/aromatic N) is 1. The molecule has 2 aromatic rings. The molecule has 2 rings (SSSR count). The zero-order valence-corrected chi connectivity index (χ0v) is 23.1. The predicted octanol–water partition coefficient (Wildman–Crippen LogP) is 3.82. The van der Waals surface area contributed by atoms with Gasteiger partial charge in [-0.1, -0.05) is 60.7 Å². The normalized spacial score (nSPS) is 11.4. The topological polar surface area (TPSA) is 67.9 Å². The van der Waals surface area contributed by atoms with Crippen molar-refractivity contribution in [1.82, 2.24) is 4.90 Å². The van der Waals surface area contributed by atoms with E-state index in [2.05, 4.69) is 48.3 Å². The summed E-state index contributed by atoms with van der Waals surface area (Å²) < 4.78 is 38.8. The number of hydrogen-bond donors (Lipinski definition) is 0. The van der Waals surface area contributed by atoms with Gasteiger partial charge in [0.15, 0.2) is 0 Å². The van der Waals surface area contributed by atoms with Gasteiger partial charge in [0.25, 0.3) is 0 Å². The van der Waals surface area contributed by atoms with Crippen molar-refractivity contribution in [3.63, 3.8) is 0 Å². The summed E-state index contributed by atoms with van der Waals surface area (Å²) in [6.07, 6.45) is 0.877. The van der Waals surface area contributed by atoms with Gasteiger partial charge in [-0.25, -0.2) is 0 Å². The van der Waals surface area contributed by atoms with Crippen molar-refractivity contribution in [2.45, 2.75) is 19.6 Å². The Hall–Kier alpha value is -1.88. The van der Waals surface area contributed by atoms with E-state index in [9.17, 15) is 0 Å². The first kappa shape index (κ1) is 32.3. The third-order valence-corrected chi connectivity index (χ3v) is 5.46. The van der Waals surface area contributed by atoms with E-state index in [0.717, 1.165) is 19.5 Å². The number of hydrogen-bond acceptors (Lipinski definition) is 8. The van der Waals surface area contributed by atoms with Crippen LogP contribution in [0.3, 0.4) is 0 Å². The van der Waals surface area contributed by atoms with Crippen LogP contribution in [0.2, 0.25) is 0 Å². The van der Waals surface area contributed by atoms with Crippen LogP contribution < -0.4 is 0 Å². The van der Waals surface area contributed by atoms with Crippen molar-refractivity contribution in [2.24, 2.45) is 0 Å². The van der Waals surface area contributed by atoms with Crippen LogP contribution in [0.25, 0.3) is 0 Å². The first-order valence-corrected chi connectivity index (χ1v) is 13.6. The molecule has 0 bridgehead atoms. The average molecular weight is 534 g/mol. The lowest BCUT2D eigenvalue weighted by Gasteiger charge is -2.16. The van der Waals surface area contributed by atoms with Crippen molar-refractivity contribution in [1.29, 1.82) is 0 Å². The molecule has 0 aliphatic carbocycles. The smallest absolute Gasteiger partial charge is 0.0716 e. The molecule has 2 aromatic carbocycles. The molecule has 8 nitrogen and oxygen atoms in total. The van der Waals surface area contributed by atoms with E-state index >= 15 is 0 Å². The SMILES string of the molecule is CN(CCOCCOCCOCCOCCOCCOCCCOCc1ccccc1)Cc1ccccc1. The van der Waals surface area contributed by atoms with Crippen LogP contribution in [0.1, 0.15) is 17.5 Å². The highest BCUT2D eigenvalue weighted by Gasteiger charge is 2.00. The van der Waals surface area contributed by atoms with E-state index in [1.54, 1.807) is 0 Å². The van der Waals surface area contributed by atoms with Crippen molar-refractivity contribution in [2.75, 3.05) is 99.5 Å². The molecule has 0 spiro atoms. The summed E-state index contributed by atoms with van der Waals surface area (Å²) in [7, 11) is 2.10. The lowest BCUT2D eigenvalue weighted by molar-refractivity contribution is -0.0182. The molecule has 0 atom stereocenters. The van der Waals surface area contributed by atoms with Crippen LogP contribution >= 0.6 is 0 Å². The Morgan fingerprint density at radius 1 is 0.447 bits per heavy atom. The summed E-state index contributed by atoms with van der Waals surface area (Å²) in [5, 5.41) is 0. The largest absolute Gasteiger partial charge is 0.379 e. The molecule has 0 aliphatic heterocycles. The van der Waals surface area contributed by atoms with Gasteiger partial charge >= 0.3 is 0 Å². The number of rotatable bonds is 26. The second-order valence-electron chi connectivity index (χ2n) is 8.79. The van der Waals surface area contributed by atoms with Gasteiger partial charge in [0.2, 0.25) is 0 Å². The second kappa shape index (κ2) is 24.2. The molecule has 0 saturated carbocycles. The van der Waals surface area contributed by atoms with Gasteiger partial charge in [-0.15, -0.1) is 0 Å². The fraction of sp³-hybridized carbons (Fsp3) is 0.600. The van der Waals surface area contributed by atoms with Gasteiger partial charge in [0.1, 0.15) is 0 Å². The standard InChI is InChI=1S/C30H47NO7/c1-31(27-29-9-4-2-5-10-29)13-16-33-18-20-35-22-24-37-26-25-36-23-21-34-19-17-32-14-8-15-38-28-30-11-6-3-7-12-30/h2-7,9-12H,8,13-28H2,1H3. The van der Waals surface area contributed by atoms with Crippen LogP contribution in [0, 0.1) is 0 Å². The predicted molar refractivity (Wildman–Crippen MR) is 148 cm³/mol. The third-order valence-electron chi connectivity index (χ3n) is 5.46. The molecular weight excluding hydrogens is 486 g/mol. The lowest BCUT2D eigenvalue weighted by Crippen LogP contribution is -2.23. The Morgan fingerprint density at radius 2 is 0.842 bits per heavy atom. The first-order valence-electron chi connectivity index (χ1n) is 13.6. The Bertz CT molecular complexity index is 751. The van der Waals surface area contributed by atoms with Crippen molar-refractivity contribution < 1.29 is 33.2 Å². The summed E-state index contributed by atoms with van der Waals surface area (Å²) >= 11 is 0. The van der Waals surface area contributed by atoms with Crippen molar-refractivity contribution >= 4 is 0 Å². The fourth-order valence-electron chi connectivity index (χ4n) is 3.42. The van der Waals surface area contributed by atoms with Gasteiger partial charge in [0.05, 0.1) is 79.3 Å². The van der Waals surface area contributed by atoms with E-state index in [0.29, 0.717) is 92.5 Å². The Morgan fingerprint density at radius 3 is 1.34 bits per heavy atom. The fourth-order valence-corrected chi connectivity index (χ4v) is 3.42. The van der Waals surface area contributed by atoms with Gasteiger partial charge in [0, 0.05) is 26.3 Å². The zero-order chi connectivity index (χ0) is 26.8. The molecular formula is C30H47NO7. The van der Waals surface area contributed by atoms with Crippen LogP contribution in [-0.4, -0.2) is 104 Å². The van der Waals surface area contributed by atoms with Gasteiger partial charge in [-0.05, 0) is 24.6 Å². The highest BCUT2D eigenvalue weighted by atomic mass is 16.6. The summed E-state index contributed by atoms with van der Waals surface area (Å²) in [5.74, 6) is 0. The molecule has 8 heteroatoms. The first-order chi connectivity index (χ1) is 18.8. The van der Waals surface area contributed by atoms with Crippen molar-refractivity contribution in [3.8, 4) is 0 Å². The van der Waals surface area contributed by atoms with Crippen LogP contribution in [0.5, 0.6) is 0 Å². The highest BCUT2D eigenvalue weighted by molar-refractivity contribution is 5.14. The molecule has 0 heterocycles. The van der Waals surface area contributed by atoms with E-state index in [1.165, 1.54) is 11.1 Å². The minimum absolute atomic E-state index is 0.544. The molecule has 0 N–H and O–H groups in total. The molecule has 0 radical (unpaired) electrons. The quantitative estimate of drug-likeness (QED) is 0.169. The lowest BCUT2D eigenvalue weighted by atomic mass is 10.2. The van der Waals surface area contributed by atoms with E-state index in [-0.39, 0.29) is 0 Å². The average Bonchev–Trinajstić information content (AvgIpc) is 2.94. The van der Waals surface area contributed by atoms with Crippen LogP contribution in [0.15, 0.2) is 60.7 Å². The zero-order valence-electron chi connectivity index (χ0n) is 23.1. The molecule has 214 valence electrons. The van der Waals surface area contributed by atoms with Crippen LogP contribution in [0.4, 0.5) is 0 Å². The molecule has 0 unspecified atom stereocenters. The molecule has 0 fully saturated rings. The minimum Gasteiger partial charge on any atom is -0.379 e. The Labute approximate surface area is 229 Å². The van der Waals surface area contributed by atoms with Gasteiger partial charge in [-0.2, -0.15) is 0 Å². The van der Waals surface area contributed by atoms with Crippen LogP contribution in [-0.2, 0) is 46.3 Å². The summed E-state index contributed by atoms with van der Waals surface area (Å²) in [6.45, 7) is 10.1. The summed E-state index contributed by atoms with van der Waals surface area (Å²) in [5.41, 5.74) is 2.50. The maximum absolute atomic E-state index is 5.64. The van der Waals surface area contributed by atoms with Crippen molar-refractivity contribution in [3.05, 3.63) is 71.8 Å². The molecule has 0 aliphatic rings. The summed E-state index contributed by atoms with van der Waals surface area (Å²) in [6, 6.07) is 20.6.